The molecule has 0 aliphatic carbocycles. The van der Waals surface area contributed by atoms with Crippen molar-refractivity contribution in [3.8, 4) is 0 Å². The van der Waals surface area contributed by atoms with Crippen LogP contribution in [-0.4, -0.2) is 47.1 Å². The molecule has 0 saturated carbocycles. The van der Waals surface area contributed by atoms with Crippen LogP contribution in [0.2, 0.25) is 0 Å². The van der Waals surface area contributed by atoms with Gasteiger partial charge in [0, 0.05) is 19.5 Å². The third-order valence-corrected chi connectivity index (χ3v) is 5.79. The Morgan fingerprint density at radius 3 is 2.75 bits per heavy atom. The molecule has 4 heterocycles. The molecule has 11 heteroatoms. The Bertz CT molecular complexity index is 1070. The zero-order chi connectivity index (χ0) is 23.2. The van der Waals surface area contributed by atoms with Gasteiger partial charge in [-0.25, -0.2) is 19.2 Å². The molecule has 2 aromatic heterocycles. The number of carbonyl (C=O) groups excluding carboxylic acids is 2. The van der Waals surface area contributed by atoms with Gasteiger partial charge in [0.15, 0.2) is 11.6 Å². The fourth-order valence-corrected chi connectivity index (χ4v) is 3.90. The Morgan fingerprint density at radius 2 is 2.06 bits per heavy atom. The van der Waals surface area contributed by atoms with Crippen molar-refractivity contribution in [2.24, 2.45) is 5.92 Å². The molecule has 0 unspecified atom stereocenters. The lowest BCUT2D eigenvalue weighted by Gasteiger charge is -2.35. The van der Waals surface area contributed by atoms with Gasteiger partial charge in [0.2, 0.25) is 0 Å². The molecule has 1 fully saturated rings. The third kappa shape index (κ3) is 4.11. The minimum Gasteiger partial charge on any atom is -0.366 e. The van der Waals surface area contributed by atoms with Gasteiger partial charge >= 0.3 is 12.2 Å². The minimum absolute atomic E-state index is 0.129. The average molecular weight is 451 g/mol. The Morgan fingerprint density at radius 1 is 1.31 bits per heavy atom. The second-order valence-electron chi connectivity index (χ2n) is 8.12. The molecule has 2 bridgehead atoms. The first-order valence-corrected chi connectivity index (χ1v) is 10.1. The van der Waals surface area contributed by atoms with Gasteiger partial charge in [0.1, 0.15) is 17.3 Å². The molecule has 0 spiro atoms. The first kappa shape index (κ1) is 22.0. The molecule has 1 saturated heterocycles. The largest absolute Gasteiger partial charge is 0.391 e. The van der Waals surface area contributed by atoms with Crippen LogP contribution in [-0.2, 0) is 0 Å². The number of rotatable bonds is 4. The number of halogens is 4. The Labute approximate surface area is 181 Å². The van der Waals surface area contributed by atoms with E-state index in [4.69, 9.17) is 0 Å². The van der Waals surface area contributed by atoms with Gasteiger partial charge in [0.25, 0.3) is 0 Å². The molecule has 2 aromatic rings. The van der Waals surface area contributed by atoms with Crippen LogP contribution in [0.5, 0.6) is 0 Å². The van der Waals surface area contributed by atoms with E-state index in [-0.39, 0.29) is 23.4 Å². The summed E-state index contributed by atoms with van der Waals surface area (Å²) in [6.07, 6.45) is -3.55. The molecule has 1 N–H and O–H groups in total. The number of anilines is 3. The summed E-state index contributed by atoms with van der Waals surface area (Å²) in [5.41, 5.74) is 0.805. The van der Waals surface area contributed by atoms with Crippen molar-refractivity contribution in [3.05, 3.63) is 41.5 Å². The molecular weight excluding hydrogens is 430 g/mol. The van der Waals surface area contributed by atoms with Crippen molar-refractivity contribution in [2.45, 2.75) is 38.9 Å². The van der Waals surface area contributed by atoms with Crippen LogP contribution in [0.25, 0.3) is 0 Å². The van der Waals surface area contributed by atoms with Crippen LogP contribution in [0.1, 0.15) is 35.8 Å². The maximum absolute atomic E-state index is 13.5. The molecule has 0 radical (unpaired) electrons. The number of aryl methyl sites for hydroxylation is 1. The number of hydrogen-bond donors (Lipinski definition) is 1. The Kier molecular flexibility index (Phi) is 5.51. The van der Waals surface area contributed by atoms with E-state index in [0.717, 1.165) is 13.1 Å². The number of ketones is 1. The molecule has 170 valence electrons. The van der Waals surface area contributed by atoms with Gasteiger partial charge in [-0.2, -0.15) is 13.2 Å². The molecule has 2 aliphatic rings. The molecule has 32 heavy (non-hydrogen) atoms. The molecule has 7 nitrogen and oxygen atoms in total. The zero-order valence-electron chi connectivity index (χ0n) is 17.4. The number of amides is 2. The van der Waals surface area contributed by atoms with Crippen molar-refractivity contribution >= 4 is 29.1 Å². The molecule has 2 aliphatic heterocycles. The molecule has 4 rings (SSSR count). The Hall–Kier alpha value is -3.24. The fourth-order valence-electron chi connectivity index (χ4n) is 3.90. The molecular formula is C21H21F4N5O2. The number of Topliss-reactive ketones (excluding diaryl/α,β-unsaturated/α-hetero) is 1. The van der Waals surface area contributed by atoms with Crippen molar-refractivity contribution in [3.63, 3.8) is 0 Å². The van der Waals surface area contributed by atoms with E-state index in [1.807, 2.05) is 4.90 Å². The van der Waals surface area contributed by atoms with Crippen LogP contribution >= 0.6 is 0 Å². The average Bonchev–Trinajstić information content (AvgIpc) is 3.14. The second-order valence-corrected chi connectivity index (χ2v) is 8.12. The number of urea groups is 1. The summed E-state index contributed by atoms with van der Waals surface area (Å²) in [6.45, 7) is 3.73. The summed E-state index contributed by atoms with van der Waals surface area (Å²) < 4.78 is 52.1. The SMILES string of the molecule is Cc1cc(NC(=O)N2c3nc(C(=O)C[C@H](C)C(F)(F)F)ccc3N3CC[C@H]2C3)ncc1F. The summed E-state index contributed by atoms with van der Waals surface area (Å²) >= 11 is 0. The lowest BCUT2D eigenvalue weighted by atomic mass is 10.0. The van der Waals surface area contributed by atoms with Crippen molar-refractivity contribution in [1.82, 2.24) is 9.97 Å². The number of alkyl halides is 3. The summed E-state index contributed by atoms with van der Waals surface area (Å²) in [7, 11) is 0. The fraction of sp³-hybridized carbons (Fsp3) is 0.429. The maximum atomic E-state index is 13.5. The number of carbonyl (C=O) groups is 2. The molecule has 2 amide bonds. The summed E-state index contributed by atoms with van der Waals surface area (Å²) in [5.74, 6) is -2.69. The highest BCUT2D eigenvalue weighted by molar-refractivity contribution is 6.05. The summed E-state index contributed by atoms with van der Waals surface area (Å²) in [5, 5.41) is 2.62. The summed E-state index contributed by atoms with van der Waals surface area (Å²) in [6, 6.07) is 3.61. The lowest BCUT2D eigenvalue weighted by molar-refractivity contribution is -0.168. The van der Waals surface area contributed by atoms with E-state index >= 15 is 0 Å². The van der Waals surface area contributed by atoms with E-state index < -0.39 is 36.1 Å². The monoisotopic (exact) mass is 451 g/mol. The lowest BCUT2D eigenvalue weighted by Crippen LogP contribution is -2.48. The van der Waals surface area contributed by atoms with E-state index in [9.17, 15) is 27.2 Å². The van der Waals surface area contributed by atoms with E-state index in [1.165, 1.54) is 17.0 Å². The van der Waals surface area contributed by atoms with Crippen molar-refractivity contribution in [1.29, 1.82) is 0 Å². The topological polar surface area (TPSA) is 78.4 Å². The number of nitrogens with zero attached hydrogens (tertiary/aromatic N) is 4. The van der Waals surface area contributed by atoms with Crippen LogP contribution in [0, 0.1) is 18.7 Å². The van der Waals surface area contributed by atoms with E-state index in [2.05, 4.69) is 15.3 Å². The van der Waals surface area contributed by atoms with Crippen LogP contribution < -0.4 is 15.1 Å². The van der Waals surface area contributed by atoms with Gasteiger partial charge in [0.05, 0.1) is 23.8 Å². The predicted molar refractivity (Wildman–Crippen MR) is 109 cm³/mol. The Balaban J connectivity index is 1.63. The normalized spacial score (nSPS) is 18.4. The van der Waals surface area contributed by atoms with Crippen LogP contribution in [0.15, 0.2) is 24.4 Å². The number of pyridine rings is 2. The van der Waals surface area contributed by atoms with Gasteiger partial charge in [-0.1, -0.05) is 6.92 Å². The van der Waals surface area contributed by atoms with E-state index in [1.54, 1.807) is 13.0 Å². The smallest absolute Gasteiger partial charge is 0.366 e. The number of nitrogens with one attached hydrogen (secondary N) is 1. The quantitative estimate of drug-likeness (QED) is 0.553. The third-order valence-electron chi connectivity index (χ3n) is 5.79. The number of fused-ring (bicyclic) bond motifs is 4. The van der Waals surface area contributed by atoms with Gasteiger partial charge in [-0.15, -0.1) is 0 Å². The number of aromatic nitrogens is 2. The van der Waals surface area contributed by atoms with Crippen LogP contribution in [0.3, 0.4) is 0 Å². The van der Waals surface area contributed by atoms with Gasteiger partial charge in [-0.3, -0.25) is 15.0 Å². The van der Waals surface area contributed by atoms with Gasteiger partial charge < -0.3 is 4.90 Å². The maximum Gasteiger partial charge on any atom is 0.391 e. The molecule has 2 atom stereocenters. The highest BCUT2D eigenvalue weighted by atomic mass is 19.4. The van der Waals surface area contributed by atoms with E-state index in [0.29, 0.717) is 30.8 Å². The summed E-state index contributed by atoms with van der Waals surface area (Å²) in [4.78, 5) is 37.1. The van der Waals surface area contributed by atoms with Crippen LogP contribution in [0.4, 0.5) is 39.7 Å². The zero-order valence-corrected chi connectivity index (χ0v) is 17.4. The minimum atomic E-state index is -4.49. The van der Waals surface area contributed by atoms with Crippen molar-refractivity contribution in [2.75, 3.05) is 28.2 Å². The number of hydrogen-bond acceptors (Lipinski definition) is 5. The first-order valence-electron chi connectivity index (χ1n) is 10.1. The van der Waals surface area contributed by atoms with Crippen molar-refractivity contribution < 1.29 is 27.2 Å². The second kappa shape index (κ2) is 8.03. The first-order chi connectivity index (χ1) is 15.0. The highest BCUT2D eigenvalue weighted by Gasteiger charge is 2.41. The van der Waals surface area contributed by atoms with Gasteiger partial charge in [-0.05, 0) is 37.1 Å². The standard InChI is InChI=1S/C21H21F4N5O2/c1-11-7-18(26-9-14(11)22)28-20(32)30-13-5-6-29(10-13)16-4-3-15(27-19(16)30)17(31)8-12(2)21(23,24)25/h3-4,7,9,12-13H,5-6,8,10H2,1-2H3,(H,26,28,32)/t12-,13-/m0/s1. The molecule has 0 aromatic carbocycles. The predicted octanol–water partition coefficient (Wildman–Crippen LogP) is 4.33. The highest BCUT2D eigenvalue weighted by Crippen LogP contribution is 2.39.